The maximum absolute atomic E-state index is 14.1. The summed E-state index contributed by atoms with van der Waals surface area (Å²) < 4.78 is 14.8. The highest BCUT2D eigenvalue weighted by Crippen LogP contribution is 2.26. The van der Waals surface area contributed by atoms with E-state index in [1.807, 2.05) is 19.1 Å². The maximum atomic E-state index is 14.1. The van der Waals surface area contributed by atoms with Crippen molar-refractivity contribution in [2.75, 3.05) is 6.54 Å². The van der Waals surface area contributed by atoms with Gasteiger partial charge >= 0.3 is 0 Å². The molecule has 2 aromatic rings. The van der Waals surface area contributed by atoms with Crippen LogP contribution in [0, 0.1) is 5.82 Å². The Hall–Kier alpha value is -0.970. The van der Waals surface area contributed by atoms with E-state index in [9.17, 15) is 4.39 Å². The molecule has 20 heavy (non-hydrogen) atoms. The van der Waals surface area contributed by atoms with Gasteiger partial charge in [0, 0.05) is 28.5 Å². The first-order valence-electron chi connectivity index (χ1n) is 6.38. The summed E-state index contributed by atoms with van der Waals surface area (Å²) in [6, 6.07) is 6.86. The Balaban J connectivity index is 2.29. The normalized spacial score (nSPS) is 12.4. The van der Waals surface area contributed by atoms with E-state index in [1.54, 1.807) is 18.5 Å². The molecule has 1 aromatic heterocycles. The average molecular weight is 358 g/mol. The van der Waals surface area contributed by atoms with Crippen molar-refractivity contribution in [2.24, 2.45) is 0 Å². The molecule has 5 heteroatoms. The molecule has 0 fully saturated rings. The predicted octanol–water partition coefficient (Wildman–Crippen LogP) is 4.53. The number of nitrogens with one attached hydrogen (secondary N) is 1. The molecule has 0 saturated carbocycles. The number of benzene rings is 1. The molecule has 0 amide bonds. The Bertz CT molecular complexity index is 592. The Morgan fingerprint density at radius 1 is 1.40 bits per heavy atom. The van der Waals surface area contributed by atoms with Crippen molar-refractivity contribution in [3.63, 3.8) is 0 Å². The van der Waals surface area contributed by atoms with Gasteiger partial charge in [0.05, 0.1) is 5.02 Å². The van der Waals surface area contributed by atoms with E-state index in [-0.39, 0.29) is 11.9 Å². The summed E-state index contributed by atoms with van der Waals surface area (Å²) in [6.45, 7) is 2.75. The van der Waals surface area contributed by atoms with E-state index >= 15 is 0 Å². The van der Waals surface area contributed by atoms with Gasteiger partial charge in [0.15, 0.2) is 0 Å². The summed E-state index contributed by atoms with van der Waals surface area (Å²) in [7, 11) is 0. The van der Waals surface area contributed by atoms with E-state index in [0.29, 0.717) is 17.0 Å². The van der Waals surface area contributed by atoms with Gasteiger partial charge in [-0.15, -0.1) is 0 Å². The van der Waals surface area contributed by atoms with Crippen LogP contribution in [0.1, 0.15) is 24.1 Å². The second kappa shape index (κ2) is 7.16. The van der Waals surface area contributed by atoms with E-state index < -0.39 is 0 Å². The third-order valence-electron chi connectivity index (χ3n) is 3.07. The molecule has 0 bridgehead atoms. The number of hydrogen-bond donors (Lipinski definition) is 1. The van der Waals surface area contributed by atoms with Gasteiger partial charge in [-0.2, -0.15) is 0 Å². The summed E-state index contributed by atoms with van der Waals surface area (Å²) in [5.41, 5.74) is 1.60. The van der Waals surface area contributed by atoms with Gasteiger partial charge in [-0.25, -0.2) is 4.39 Å². The first kappa shape index (κ1) is 15.4. The molecule has 0 aliphatic heterocycles. The lowest BCUT2D eigenvalue weighted by molar-refractivity contribution is 0.509. The zero-order chi connectivity index (χ0) is 14.5. The highest BCUT2D eigenvalue weighted by atomic mass is 79.9. The SMILES string of the molecule is CCNC(Cc1ccncc1Cl)c1ccc(Br)cc1F. The van der Waals surface area contributed by atoms with Crippen molar-refractivity contribution < 1.29 is 4.39 Å². The van der Waals surface area contributed by atoms with Crippen LogP contribution in [0.15, 0.2) is 41.1 Å². The summed E-state index contributed by atoms with van der Waals surface area (Å²) in [5.74, 6) is -0.226. The van der Waals surface area contributed by atoms with Crippen LogP contribution in [0.2, 0.25) is 5.02 Å². The molecule has 1 N–H and O–H groups in total. The summed E-state index contributed by atoms with van der Waals surface area (Å²) in [6.07, 6.45) is 3.92. The molecule has 1 heterocycles. The minimum absolute atomic E-state index is 0.118. The highest BCUT2D eigenvalue weighted by molar-refractivity contribution is 9.10. The van der Waals surface area contributed by atoms with Crippen LogP contribution in [0.25, 0.3) is 0 Å². The smallest absolute Gasteiger partial charge is 0.129 e. The molecule has 2 nitrogen and oxygen atoms in total. The molecule has 1 atom stereocenters. The average Bonchev–Trinajstić information content (AvgIpc) is 2.41. The predicted molar refractivity (Wildman–Crippen MR) is 83.5 cm³/mol. The Morgan fingerprint density at radius 2 is 2.20 bits per heavy atom. The number of likely N-dealkylation sites (N-methyl/N-ethyl adjacent to an activating group) is 1. The lowest BCUT2D eigenvalue weighted by Crippen LogP contribution is -2.24. The van der Waals surface area contributed by atoms with E-state index in [1.165, 1.54) is 6.07 Å². The summed E-state index contributed by atoms with van der Waals surface area (Å²) in [4.78, 5) is 3.97. The van der Waals surface area contributed by atoms with Crippen LogP contribution in [-0.2, 0) is 6.42 Å². The third kappa shape index (κ3) is 3.78. The van der Waals surface area contributed by atoms with Gasteiger partial charge in [-0.1, -0.05) is 40.5 Å². The monoisotopic (exact) mass is 356 g/mol. The fourth-order valence-electron chi connectivity index (χ4n) is 2.11. The second-order valence-corrected chi connectivity index (χ2v) is 5.77. The molecule has 2 rings (SSSR count). The Labute approximate surface area is 131 Å². The van der Waals surface area contributed by atoms with Gasteiger partial charge in [0.25, 0.3) is 0 Å². The fourth-order valence-corrected chi connectivity index (χ4v) is 2.64. The highest BCUT2D eigenvalue weighted by Gasteiger charge is 2.17. The Kier molecular flexibility index (Phi) is 5.52. The number of nitrogens with zero attached hydrogens (tertiary/aromatic N) is 1. The molecular weight excluding hydrogens is 343 g/mol. The third-order valence-corrected chi connectivity index (χ3v) is 3.90. The van der Waals surface area contributed by atoms with Crippen molar-refractivity contribution in [2.45, 2.75) is 19.4 Å². The lowest BCUT2D eigenvalue weighted by atomic mass is 9.99. The van der Waals surface area contributed by atoms with Crippen LogP contribution in [0.5, 0.6) is 0 Å². The van der Waals surface area contributed by atoms with E-state index in [4.69, 9.17) is 11.6 Å². The van der Waals surface area contributed by atoms with Gasteiger partial charge in [-0.05, 0) is 36.7 Å². The molecule has 1 unspecified atom stereocenters. The molecular formula is C15H15BrClFN2. The molecule has 1 aromatic carbocycles. The number of rotatable bonds is 5. The zero-order valence-corrected chi connectivity index (χ0v) is 13.4. The fraction of sp³-hybridized carbons (Fsp3) is 0.267. The van der Waals surface area contributed by atoms with Crippen molar-refractivity contribution in [1.29, 1.82) is 0 Å². The molecule has 106 valence electrons. The largest absolute Gasteiger partial charge is 0.310 e. The standard InChI is InChI=1S/C15H15BrClFN2/c1-2-20-15(7-10-5-6-19-9-13(10)17)12-4-3-11(16)8-14(12)18/h3-6,8-9,15,20H,2,7H2,1H3. The van der Waals surface area contributed by atoms with Gasteiger partial charge in [0.1, 0.15) is 5.82 Å². The van der Waals surface area contributed by atoms with E-state index in [2.05, 4.69) is 26.2 Å². The maximum Gasteiger partial charge on any atom is 0.129 e. The van der Waals surface area contributed by atoms with Crippen LogP contribution >= 0.6 is 27.5 Å². The second-order valence-electron chi connectivity index (χ2n) is 4.45. The lowest BCUT2D eigenvalue weighted by Gasteiger charge is -2.20. The van der Waals surface area contributed by atoms with Gasteiger partial charge in [0.2, 0.25) is 0 Å². The van der Waals surface area contributed by atoms with Crippen molar-refractivity contribution in [3.05, 3.63) is 63.1 Å². The van der Waals surface area contributed by atoms with Crippen molar-refractivity contribution >= 4 is 27.5 Å². The first-order chi connectivity index (χ1) is 9.61. The summed E-state index contributed by atoms with van der Waals surface area (Å²) >= 11 is 9.40. The zero-order valence-electron chi connectivity index (χ0n) is 11.0. The van der Waals surface area contributed by atoms with E-state index in [0.717, 1.165) is 16.6 Å². The number of pyridine rings is 1. The van der Waals surface area contributed by atoms with Gasteiger partial charge < -0.3 is 5.32 Å². The van der Waals surface area contributed by atoms with Crippen molar-refractivity contribution in [3.8, 4) is 0 Å². The van der Waals surface area contributed by atoms with Crippen LogP contribution in [0.4, 0.5) is 4.39 Å². The number of hydrogen-bond acceptors (Lipinski definition) is 2. The summed E-state index contributed by atoms with van der Waals surface area (Å²) in [5, 5.41) is 3.91. The topological polar surface area (TPSA) is 24.9 Å². The van der Waals surface area contributed by atoms with Gasteiger partial charge in [-0.3, -0.25) is 4.98 Å². The molecule has 0 spiro atoms. The molecule has 0 aliphatic carbocycles. The van der Waals surface area contributed by atoms with Crippen molar-refractivity contribution in [1.82, 2.24) is 10.3 Å². The van der Waals surface area contributed by atoms with Crippen LogP contribution < -0.4 is 5.32 Å². The quantitative estimate of drug-likeness (QED) is 0.850. The van der Waals surface area contributed by atoms with Crippen LogP contribution in [-0.4, -0.2) is 11.5 Å². The number of halogens is 3. The molecule has 0 aliphatic rings. The molecule has 0 radical (unpaired) electrons. The Morgan fingerprint density at radius 3 is 2.85 bits per heavy atom. The van der Waals surface area contributed by atoms with Crippen LogP contribution in [0.3, 0.4) is 0 Å². The minimum atomic E-state index is -0.226. The minimum Gasteiger partial charge on any atom is -0.310 e. The molecule has 0 saturated heterocycles. The first-order valence-corrected chi connectivity index (χ1v) is 7.55. The number of aromatic nitrogens is 1.